The number of ether oxygens (including phenoxy) is 3. The van der Waals surface area contributed by atoms with Crippen molar-refractivity contribution in [1.29, 1.82) is 0 Å². The number of morpholine rings is 1. The van der Waals surface area contributed by atoms with Crippen molar-refractivity contribution in [2.75, 3.05) is 26.4 Å². The minimum absolute atomic E-state index is 0.0322. The summed E-state index contributed by atoms with van der Waals surface area (Å²) in [6, 6.07) is 7.63. The van der Waals surface area contributed by atoms with Gasteiger partial charge >= 0.3 is 0 Å². The Morgan fingerprint density at radius 1 is 1.26 bits per heavy atom. The molecule has 0 unspecified atom stereocenters. The van der Waals surface area contributed by atoms with Crippen molar-refractivity contribution in [3.63, 3.8) is 0 Å². The van der Waals surface area contributed by atoms with Crippen LogP contribution in [0.1, 0.15) is 31.4 Å². The third kappa shape index (κ3) is 4.04. The number of rotatable bonds is 3. The molecule has 2 heterocycles. The maximum absolute atomic E-state index is 12.6. The van der Waals surface area contributed by atoms with Gasteiger partial charge in [-0.1, -0.05) is 29.8 Å². The van der Waals surface area contributed by atoms with E-state index in [2.05, 4.69) is 0 Å². The lowest BCUT2D eigenvalue weighted by molar-refractivity contribution is -0.190. The predicted octanol–water partition coefficient (Wildman–Crippen LogP) is 2.78. The number of hydrogen-bond donors (Lipinski definition) is 0. The Balaban J connectivity index is 1.65. The van der Waals surface area contributed by atoms with Gasteiger partial charge in [0.15, 0.2) is 6.29 Å². The molecule has 2 fully saturated rings. The van der Waals surface area contributed by atoms with E-state index in [0.717, 1.165) is 12.0 Å². The zero-order chi connectivity index (χ0) is 16.2. The number of carbonyl (C=O) groups is 1. The summed E-state index contributed by atoms with van der Waals surface area (Å²) in [5, 5.41) is 0.665. The van der Waals surface area contributed by atoms with Crippen LogP contribution >= 0.6 is 11.6 Å². The Hall–Kier alpha value is -1.14. The highest BCUT2D eigenvalue weighted by atomic mass is 35.5. The van der Waals surface area contributed by atoms with Gasteiger partial charge in [0.05, 0.1) is 38.8 Å². The first kappa shape index (κ1) is 16.7. The molecule has 2 aliphatic heterocycles. The van der Waals surface area contributed by atoms with Crippen molar-refractivity contribution in [2.24, 2.45) is 0 Å². The molecule has 0 spiro atoms. The van der Waals surface area contributed by atoms with Gasteiger partial charge in [-0.15, -0.1) is 0 Å². The number of amides is 1. The molecule has 0 radical (unpaired) electrons. The van der Waals surface area contributed by atoms with Gasteiger partial charge in [-0.3, -0.25) is 4.79 Å². The summed E-state index contributed by atoms with van der Waals surface area (Å²) in [5.74, 6) is 0.0322. The highest BCUT2D eigenvalue weighted by Crippen LogP contribution is 2.30. The van der Waals surface area contributed by atoms with Gasteiger partial charge in [-0.05, 0) is 19.4 Å². The average molecular weight is 340 g/mol. The van der Waals surface area contributed by atoms with E-state index in [1.807, 2.05) is 36.1 Å². The van der Waals surface area contributed by atoms with E-state index >= 15 is 0 Å². The number of halogens is 1. The number of benzene rings is 1. The van der Waals surface area contributed by atoms with Crippen molar-refractivity contribution in [3.8, 4) is 0 Å². The van der Waals surface area contributed by atoms with E-state index < -0.39 is 6.29 Å². The third-order valence-electron chi connectivity index (χ3n) is 4.24. The summed E-state index contributed by atoms with van der Waals surface area (Å²) in [5.41, 5.74) is 0.920. The van der Waals surface area contributed by atoms with Crippen molar-refractivity contribution >= 4 is 17.5 Å². The second-order valence-electron chi connectivity index (χ2n) is 5.97. The molecule has 1 aromatic carbocycles. The van der Waals surface area contributed by atoms with Gasteiger partial charge in [0.2, 0.25) is 5.91 Å². The lowest BCUT2D eigenvalue weighted by Gasteiger charge is -2.39. The Labute approximate surface area is 141 Å². The zero-order valence-electron chi connectivity index (χ0n) is 13.2. The van der Waals surface area contributed by atoms with Gasteiger partial charge in [0, 0.05) is 10.6 Å². The van der Waals surface area contributed by atoms with E-state index in [-0.39, 0.29) is 24.5 Å². The van der Waals surface area contributed by atoms with Crippen molar-refractivity contribution in [3.05, 3.63) is 34.9 Å². The third-order valence-corrected chi connectivity index (χ3v) is 4.59. The highest BCUT2D eigenvalue weighted by molar-refractivity contribution is 6.31. The van der Waals surface area contributed by atoms with Crippen LogP contribution in [0.5, 0.6) is 0 Å². The minimum Gasteiger partial charge on any atom is -0.369 e. The molecule has 0 saturated carbocycles. The Morgan fingerprint density at radius 3 is 2.74 bits per heavy atom. The lowest BCUT2D eigenvalue weighted by atomic mass is 10.1. The van der Waals surface area contributed by atoms with Gasteiger partial charge < -0.3 is 19.1 Å². The van der Waals surface area contributed by atoms with Gasteiger partial charge in [0.25, 0.3) is 0 Å². The molecule has 5 nitrogen and oxygen atoms in total. The Bertz CT molecular complexity index is 547. The largest absolute Gasteiger partial charge is 0.369 e. The molecule has 23 heavy (non-hydrogen) atoms. The monoisotopic (exact) mass is 339 g/mol. The fraction of sp³-hybridized carbons (Fsp3) is 0.588. The first-order valence-electron chi connectivity index (χ1n) is 8.04. The topological polar surface area (TPSA) is 48.0 Å². The lowest BCUT2D eigenvalue weighted by Crippen LogP contribution is -2.49. The Kier molecular flexibility index (Phi) is 5.54. The van der Waals surface area contributed by atoms with E-state index in [1.165, 1.54) is 0 Å². The van der Waals surface area contributed by atoms with Crippen LogP contribution in [0.4, 0.5) is 0 Å². The summed E-state index contributed by atoms with van der Waals surface area (Å²) in [7, 11) is 0. The quantitative estimate of drug-likeness (QED) is 0.849. The van der Waals surface area contributed by atoms with Crippen LogP contribution in [0, 0.1) is 0 Å². The highest BCUT2D eigenvalue weighted by Gasteiger charge is 2.32. The standard InChI is InChI=1S/C17H22ClNO4/c1-12-11-23-15(13-5-2-3-6-14(13)18)10-19(12)16(20)9-17-21-7-4-8-22-17/h2-3,5-6,12,15,17H,4,7-11H2,1H3/t12-,15+/m0/s1. The van der Waals surface area contributed by atoms with Crippen molar-refractivity contribution in [1.82, 2.24) is 4.90 Å². The second kappa shape index (κ2) is 7.62. The molecule has 6 heteroatoms. The van der Waals surface area contributed by atoms with Gasteiger partial charge in [-0.2, -0.15) is 0 Å². The van der Waals surface area contributed by atoms with Crippen LogP contribution < -0.4 is 0 Å². The van der Waals surface area contributed by atoms with Crippen LogP contribution in [0.15, 0.2) is 24.3 Å². The number of hydrogen-bond acceptors (Lipinski definition) is 4. The number of carbonyl (C=O) groups excluding carboxylic acids is 1. The summed E-state index contributed by atoms with van der Waals surface area (Å²) in [4.78, 5) is 14.5. The molecule has 0 bridgehead atoms. The predicted molar refractivity (Wildman–Crippen MR) is 86.2 cm³/mol. The molecule has 0 N–H and O–H groups in total. The molecule has 2 atom stereocenters. The summed E-state index contributed by atoms with van der Waals surface area (Å²) >= 11 is 6.25. The van der Waals surface area contributed by atoms with E-state index in [9.17, 15) is 4.79 Å². The molecule has 1 amide bonds. The van der Waals surface area contributed by atoms with E-state index in [1.54, 1.807) is 0 Å². The molecule has 126 valence electrons. The van der Waals surface area contributed by atoms with Gasteiger partial charge in [-0.25, -0.2) is 0 Å². The first-order valence-corrected chi connectivity index (χ1v) is 8.41. The molecule has 3 rings (SSSR count). The second-order valence-corrected chi connectivity index (χ2v) is 6.37. The molecular formula is C17H22ClNO4. The average Bonchev–Trinajstić information content (AvgIpc) is 2.57. The maximum Gasteiger partial charge on any atom is 0.228 e. The SMILES string of the molecule is C[C@H]1CO[C@@H](c2ccccc2Cl)CN1C(=O)CC1OCCCO1. The smallest absolute Gasteiger partial charge is 0.228 e. The fourth-order valence-corrected chi connectivity index (χ4v) is 3.20. The van der Waals surface area contributed by atoms with Crippen LogP contribution in [0.2, 0.25) is 5.02 Å². The molecule has 1 aromatic rings. The molecule has 0 aromatic heterocycles. The van der Waals surface area contributed by atoms with Crippen LogP contribution in [0.3, 0.4) is 0 Å². The van der Waals surface area contributed by atoms with Crippen LogP contribution in [-0.4, -0.2) is 49.5 Å². The van der Waals surface area contributed by atoms with Crippen molar-refractivity contribution in [2.45, 2.75) is 38.2 Å². The fourth-order valence-electron chi connectivity index (χ4n) is 2.94. The summed E-state index contributed by atoms with van der Waals surface area (Å²) in [6.45, 7) is 4.28. The zero-order valence-corrected chi connectivity index (χ0v) is 14.0. The number of nitrogens with zero attached hydrogens (tertiary/aromatic N) is 1. The molecular weight excluding hydrogens is 318 g/mol. The maximum atomic E-state index is 12.6. The van der Waals surface area contributed by atoms with Gasteiger partial charge in [0.1, 0.15) is 6.10 Å². The Morgan fingerprint density at radius 2 is 2.00 bits per heavy atom. The van der Waals surface area contributed by atoms with Crippen LogP contribution in [0.25, 0.3) is 0 Å². The first-order chi connectivity index (χ1) is 11.1. The molecule has 2 saturated heterocycles. The summed E-state index contributed by atoms with van der Waals surface area (Å²) in [6.07, 6.45) is 0.509. The van der Waals surface area contributed by atoms with E-state index in [0.29, 0.717) is 31.4 Å². The molecule has 2 aliphatic rings. The van der Waals surface area contributed by atoms with Crippen molar-refractivity contribution < 1.29 is 19.0 Å². The van der Waals surface area contributed by atoms with Crippen LogP contribution in [-0.2, 0) is 19.0 Å². The minimum atomic E-state index is -0.426. The molecule has 0 aliphatic carbocycles. The normalized spacial score (nSPS) is 26.3. The summed E-state index contributed by atoms with van der Waals surface area (Å²) < 4.78 is 16.9. The van der Waals surface area contributed by atoms with E-state index in [4.69, 9.17) is 25.8 Å².